The highest BCUT2D eigenvalue weighted by molar-refractivity contribution is 8.40. The quantitative estimate of drug-likeness (QED) is 0.0572. The van der Waals surface area contributed by atoms with Crippen LogP contribution in [0.1, 0.15) is 0 Å². The minimum atomic E-state index is -1.72. The minimum absolute atomic E-state index is 1.06. The van der Waals surface area contributed by atoms with Crippen LogP contribution in [-0.2, 0) is 0 Å². The van der Waals surface area contributed by atoms with Crippen molar-refractivity contribution in [1.82, 2.24) is 0 Å². The van der Waals surface area contributed by atoms with Crippen LogP contribution in [-0.4, -0.2) is 503 Å². The van der Waals surface area contributed by atoms with Crippen LogP contribution in [0.5, 0.6) is 0 Å². The van der Waals surface area contributed by atoms with Gasteiger partial charge >= 0.3 is 0 Å². The van der Waals surface area contributed by atoms with Gasteiger partial charge in [-0.2, -0.15) is 0 Å². The lowest BCUT2D eigenvalue weighted by molar-refractivity contribution is 3.15. The SMILES string of the molecule is [B][B]B([B])B(B([B])[B])B(B(B(B([B])[B])B([B])[B])B(B([B])[B])B([B])[B])B(B(B(B([B])[B])B([B])[B])B(B([B])[B])B([B])[B])B(B(B(B([B])[B])B([B])[B])B(B([B])[B])B([B])[B])B(B(B([B])[B])B([B])[B])B(B([B])[B])B([B])[B]. The van der Waals surface area contributed by atoms with Crippen LogP contribution >= 0.6 is 0 Å². The molecule has 0 nitrogen and oxygen atoms in total. The van der Waals surface area contributed by atoms with E-state index in [9.17, 15) is 0 Å². The second-order valence-electron chi connectivity index (χ2n) is 19.8. The second-order valence-corrected chi connectivity index (χ2v) is 19.8. The maximum absolute atomic E-state index is 7.06. The Balaban J connectivity index is 11.8. The fourth-order valence-electron chi connectivity index (χ4n) is 12.4. The van der Waals surface area contributed by atoms with Crippen LogP contribution < -0.4 is 0 Å². The van der Waals surface area contributed by atoms with E-state index in [1.807, 2.05) is 0 Å². The fourth-order valence-corrected chi connectivity index (χ4v) is 12.4. The molecule has 0 amide bonds. The summed E-state index contributed by atoms with van der Waals surface area (Å²) >= 11 is 0. The monoisotopic (exact) mass is 782 g/mol. The van der Waals surface area contributed by atoms with Crippen molar-refractivity contribution in [3.05, 3.63) is 0 Å². The molecule has 0 rings (SSSR count). The molecule has 0 unspecified atom stereocenters. The molecule has 0 atom stereocenters. The molecule has 0 spiro atoms. The molecule has 0 bridgehead atoms. The van der Waals surface area contributed by atoms with Crippen molar-refractivity contribution in [2.24, 2.45) is 0 Å². The van der Waals surface area contributed by atoms with Gasteiger partial charge < -0.3 is 0 Å². The van der Waals surface area contributed by atoms with Gasteiger partial charge in [-0.1, -0.05) is 0 Å². The predicted octanol–water partition coefficient (Wildman–Crippen LogP) is -27.0. The normalized spacial score (nSPS) is 9.75. The van der Waals surface area contributed by atoms with Gasteiger partial charge in [0.2, 0.25) is 0 Å². The highest BCUT2D eigenvalue weighted by Gasteiger charge is 2.64. The molecule has 0 aliphatic carbocycles. The molecule has 0 heterocycles. The maximum Gasteiger partial charge on any atom is 0 e. The van der Waals surface area contributed by atoms with E-state index in [2.05, 4.69) is 0 Å². The lowest BCUT2D eigenvalue weighted by Crippen LogP contribution is -2.98. The lowest BCUT2D eigenvalue weighted by Gasteiger charge is -2.60. The van der Waals surface area contributed by atoms with E-state index < -0.39 is 217 Å². The smallest absolute Gasteiger partial charge is 0 e. The minimum Gasteiger partial charge on any atom is 0 e. The lowest BCUT2D eigenvalue weighted by atomic mass is 8.21. The van der Waals surface area contributed by atoms with Gasteiger partial charge in [0.1, 0.15) is 0 Å². The first-order chi connectivity index (χ1) is 32.3. The Labute approximate surface area is 498 Å². The van der Waals surface area contributed by atoms with Crippen molar-refractivity contribution >= 4 is 503 Å². The molecule has 71 heavy (non-hydrogen) atoms. The van der Waals surface area contributed by atoms with E-state index in [-0.39, 0.29) is 0 Å². The Hall–Kier alpha value is 4.61. The van der Waals surface area contributed by atoms with Crippen molar-refractivity contribution in [1.29, 1.82) is 0 Å². The van der Waals surface area contributed by atoms with Crippen molar-refractivity contribution < 1.29 is 0 Å². The zero-order valence-corrected chi connectivity index (χ0v) is 41.0. The van der Waals surface area contributed by atoms with Crippen LogP contribution in [0.25, 0.3) is 0 Å². The molecule has 213 valence electrons. The summed E-state index contributed by atoms with van der Waals surface area (Å²) < 4.78 is 0. The summed E-state index contributed by atoms with van der Waals surface area (Å²) in [6.45, 7) is 0. The molecule has 0 saturated carbocycles. The summed E-state index contributed by atoms with van der Waals surface area (Å²) in [5, 5.41) is 0. The van der Waals surface area contributed by atoms with E-state index in [0.29, 0.717) is 0 Å². The first-order valence-electron chi connectivity index (χ1n) is 23.3. The molecule has 0 fully saturated rings. The van der Waals surface area contributed by atoms with Crippen molar-refractivity contribution in [3.63, 3.8) is 0 Å². The second kappa shape index (κ2) is 34.9. The van der Waals surface area contributed by atoms with Gasteiger partial charge in [0.15, 0.2) is 0 Å². The molecule has 0 aromatic heterocycles. The zero-order chi connectivity index (χ0) is 56.3. The fraction of sp³-hybridized carbons (Fsp3) is 0. The number of hydrogen-bond donors (Lipinski definition) is 0. The molecular formula is B71. The third kappa shape index (κ3) is 20.5. The summed E-state index contributed by atoms with van der Waals surface area (Å²) in [5.41, 5.74) is 0. The Morgan fingerprint density at radius 3 is 0.296 bits per heavy atom. The molecular weight excluding hydrogens is 768 g/mol. The Kier molecular flexibility index (Phi) is 37.2. The van der Waals surface area contributed by atoms with Crippen molar-refractivity contribution in [2.75, 3.05) is 0 Å². The highest BCUT2D eigenvalue weighted by atomic mass is 13.5. The molecule has 0 saturated heterocycles. The summed E-state index contributed by atoms with van der Waals surface area (Å²) in [6.07, 6.45) is -52.7. The van der Waals surface area contributed by atoms with Crippen molar-refractivity contribution in [2.45, 2.75) is 0 Å². The van der Waals surface area contributed by atoms with Gasteiger partial charge in [-0.25, -0.2) is 0 Å². The Morgan fingerprint density at radius 2 is 0.211 bits per heavy atom. The van der Waals surface area contributed by atoms with E-state index in [1.165, 1.54) is 0 Å². The number of hydrogen-bond acceptors (Lipinski definition) is 0. The maximum atomic E-state index is 7.06. The first-order valence-corrected chi connectivity index (χ1v) is 23.3. The molecule has 0 N–H and O–H groups in total. The molecule has 0 aliphatic heterocycles. The van der Waals surface area contributed by atoms with Gasteiger partial charge in [-0.3, -0.25) is 0 Å². The number of rotatable bonds is 34. The Bertz CT molecular complexity index is 1160. The first kappa shape index (κ1) is 75.6. The van der Waals surface area contributed by atoms with Crippen LogP contribution in [0.2, 0.25) is 0 Å². The van der Waals surface area contributed by atoms with E-state index >= 15 is 0 Å². The summed E-state index contributed by atoms with van der Waals surface area (Å²) in [6, 6.07) is 0. The predicted molar refractivity (Wildman–Crippen MR) is 409 cm³/mol. The van der Waals surface area contributed by atoms with Crippen LogP contribution in [0.4, 0.5) is 0 Å². The third-order valence-electron chi connectivity index (χ3n) is 14.9. The van der Waals surface area contributed by atoms with E-state index in [1.54, 1.807) is 0 Å². The van der Waals surface area contributed by atoms with Gasteiger partial charge in [0, 0.05) is 503 Å². The molecule has 0 aliphatic rings. The molecule has 73 radical (unpaired) electrons. The van der Waals surface area contributed by atoms with E-state index in [0.717, 1.165) is 7.06 Å². The van der Waals surface area contributed by atoms with Crippen LogP contribution in [0.15, 0.2) is 0 Å². The van der Waals surface area contributed by atoms with E-state index in [4.69, 9.17) is 279 Å². The van der Waals surface area contributed by atoms with Gasteiger partial charge in [-0.15, -0.1) is 0 Å². The molecule has 0 aromatic carbocycles. The van der Waals surface area contributed by atoms with Crippen LogP contribution in [0.3, 0.4) is 0 Å². The largest absolute Gasteiger partial charge is 0 e. The standard InChI is InChI=1S/B71/c1-37-55(36)64(54(34)35)69(65(56(38(2)3)39(4)5)57(40(6)7)41(8)9)71(68(62(50(26)27)51(28)29)63(52(30)31)53(32)33)70(66(58(42(10)11)43(12)13)59(44(14)15)45(16)17)67(60(46(18)19)47(20)21)61(48(22)23)49(24)25. The average Bonchev–Trinajstić information content (AvgIpc) is 3.15. The third-order valence-corrected chi connectivity index (χ3v) is 14.9. The summed E-state index contributed by atoms with van der Waals surface area (Å²) in [7, 11) is 244. The van der Waals surface area contributed by atoms with Gasteiger partial charge in [0.05, 0.1) is 0 Å². The Morgan fingerprint density at radius 1 is 0.127 bits per heavy atom. The van der Waals surface area contributed by atoms with Gasteiger partial charge in [-0.05, 0) is 0 Å². The summed E-state index contributed by atoms with van der Waals surface area (Å²) in [5.74, 6) is 0. The molecule has 0 aromatic rings. The average molecular weight is 768 g/mol. The summed E-state index contributed by atoms with van der Waals surface area (Å²) in [4.78, 5) is 0. The zero-order valence-electron chi connectivity index (χ0n) is 41.0. The van der Waals surface area contributed by atoms with Crippen LogP contribution in [0, 0.1) is 0 Å². The van der Waals surface area contributed by atoms with Crippen molar-refractivity contribution in [3.8, 4) is 0 Å². The molecule has 71 heteroatoms. The highest BCUT2D eigenvalue weighted by Crippen LogP contribution is 2.26. The van der Waals surface area contributed by atoms with Gasteiger partial charge in [0.25, 0.3) is 0 Å². The topological polar surface area (TPSA) is 0 Å².